The number of amides is 1. The summed E-state index contributed by atoms with van der Waals surface area (Å²) in [5.41, 5.74) is 1.73. The number of imidazole rings is 1. The van der Waals surface area contributed by atoms with E-state index in [0.717, 1.165) is 37.0 Å². The molecule has 1 amide bonds. The molecular weight excluding hydrogens is 336 g/mol. The van der Waals surface area contributed by atoms with Crippen LogP contribution in [0.2, 0.25) is 0 Å². The van der Waals surface area contributed by atoms with Crippen molar-refractivity contribution in [2.75, 3.05) is 13.1 Å². The Morgan fingerprint density at radius 3 is 2.40 bits per heavy atom. The number of hydrogen-bond acceptors (Lipinski definition) is 3. The summed E-state index contributed by atoms with van der Waals surface area (Å²) in [7, 11) is 0. The van der Waals surface area contributed by atoms with Crippen molar-refractivity contribution in [3.8, 4) is 0 Å². The Labute approximate surface area is 155 Å². The van der Waals surface area contributed by atoms with Crippen molar-refractivity contribution in [3.63, 3.8) is 0 Å². The first-order valence-corrected chi connectivity index (χ1v) is 9.44. The smallest absolute Gasteiger partial charge is 0.287 e. The van der Waals surface area contributed by atoms with Crippen LogP contribution in [-0.4, -0.2) is 51.3 Å². The van der Waals surface area contributed by atoms with Crippen molar-refractivity contribution in [1.82, 2.24) is 20.2 Å². The van der Waals surface area contributed by atoms with Gasteiger partial charge in [-0.25, -0.2) is 4.98 Å². The lowest BCUT2D eigenvalue weighted by atomic mass is 10.0. The van der Waals surface area contributed by atoms with E-state index in [2.05, 4.69) is 34.0 Å². The SMILES string of the molecule is CC(C)Cl.CC(C)N1CCC(NC(=O)c2nc3ccccc3[nH]2)CC1. The van der Waals surface area contributed by atoms with Gasteiger partial charge in [0.1, 0.15) is 0 Å². The molecule has 1 fully saturated rings. The average molecular weight is 365 g/mol. The summed E-state index contributed by atoms with van der Waals surface area (Å²) in [6.07, 6.45) is 2.01. The molecule has 1 aliphatic heterocycles. The molecule has 6 heteroatoms. The number of carbonyl (C=O) groups is 1. The van der Waals surface area contributed by atoms with Crippen molar-refractivity contribution < 1.29 is 4.79 Å². The summed E-state index contributed by atoms with van der Waals surface area (Å²) in [4.78, 5) is 22.1. The maximum absolute atomic E-state index is 12.3. The van der Waals surface area contributed by atoms with Gasteiger partial charge in [0.05, 0.1) is 11.0 Å². The molecule has 3 rings (SSSR count). The predicted octanol–water partition coefficient (Wildman–Crippen LogP) is 3.80. The van der Waals surface area contributed by atoms with E-state index in [1.807, 2.05) is 38.1 Å². The molecule has 1 aromatic carbocycles. The quantitative estimate of drug-likeness (QED) is 0.814. The number of carbonyl (C=O) groups excluding carboxylic acids is 1. The lowest BCUT2D eigenvalue weighted by molar-refractivity contribution is 0.0891. The van der Waals surface area contributed by atoms with Crippen LogP contribution in [0, 0.1) is 0 Å². The number of H-pyrrole nitrogens is 1. The van der Waals surface area contributed by atoms with Gasteiger partial charge < -0.3 is 15.2 Å². The molecule has 0 radical (unpaired) electrons. The van der Waals surface area contributed by atoms with Crippen LogP contribution in [0.5, 0.6) is 0 Å². The van der Waals surface area contributed by atoms with Crippen molar-refractivity contribution in [1.29, 1.82) is 0 Å². The number of hydrogen-bond donors (Lipinski definition) is 2. The fraction of sp³-hybridized carbons (Fsp3) is 0.579. The Bertz CT molecular complexity index is 639. The van der Waals surface area contributed by atoms with Crippen LogP contribution in [-0.2, 0) is 0 Å². The van der Waals surface area contributed by atoms with Gasteiger partial charge >= 0.3 is 0 Å². The van der Waals surface area contributed by atoms with Gasteiger partial charge in [0.2, 0.25) is 0 Å². The maximum atomic E-state index is 12.3. The Kier molecular flexibility index (Phi) is 7.26. The van der Waals surface area contributed by atoms with Crippen LogP contribution in [0.1, 0.15) is 51.2 Å². The second-order valence-corrected chi connectivity index (χ2v) is 7.87. The number of fused-ring (bicyclic) bond motifs is 1. The largest absolute Gasteiger partial charge is 0.347 e. The first-order chi connectivity index (χ1) is 11.9. The monoisotopic (exact) mass is 364 g/mol. The zero-order valence-electron chi connectivity index (χ0n) is 15.6. The lowest BCUT2D eigenvalue weighted by Gasteiger charge is -2.34. The van der Waals surface area contributed by atoms with Crippen LogP contribution < -0.4 is 5.32 Å². The number of nitrogens with zero attached hydrogens (tertiary/aromatic N) is 2. The van der Waals surface area contributed by atoms with Crippen molar-refractivity contribution in [2.24, 2.45) is 0 Å². The molecule has 1 aromatic heterocycles. The highest BCUT2D eigenvalue weighted by atomic mass is 35.5. The lowest BCUT2D eigenvalue weighted by Crippen LogP contribution is -2.46. The van der Waals surface area contributed by atoms with E-state index in [-0.39, 0.29) is 11.9 Å². The molecule has 0 unspecified atom stereocenters. The summed E-state index contributed by atoms with van der Waals surface area (Å²) in [5, 5.41) is 3.40. The van der Waals surface area contributed by atoms with Crippen LogP contribution in [0.15, 0.2) is 24.3 Å². The topological polar surface area (TPSA) is 61.0 Å². The van der Waals surface area contributed by atoms with E-state index < -0.39 is 0 Å². The minimum atomic E-state index is -0.103. The third-order valence-corrected chi connectivity index (χ3v) is 4.20. The van der Waals surface area contributed by atoms with E-state index in [9.17, 15) is 4.79 Å². The third kappa shape index (κ3) is 6.01. The first-order valence-electron chi connectivity index (χ1n) is 9.00. The van der Waals surface area contributed by atoms with Gasteiger partial charge in [-0.3, -0.25) is 4.79 Å². The molecule has 1 aliphatic rings. The van der Waals surface area contributed by atoms with Gasteiger partial charge in [-0.2, -0.15) is 0 Å². The average Bonchev–Trinajstić information content (AvgIpc) is 2.99. The zero-order chi connectivity index (χ0) is 18.4. The Morgan fingerprint density at radius 2 is 1.84 bits per heavy atom. The number of aromatic amines is 1. The summed E-state index contributed by atoms with van der Waals surface area (Å²) >= 11 is 5.27. The number of para-hydroxylation sites is 2. The van der Waals surface area contributed by atoms with Crippen LogP contribution in [0.3, 0.4) is 0 Å². The van der Waals surface area contributed by atoms with Gasteiger partial charge in [0.15, 0.2) is 5.82 Å². The predicted molar refractivity (Wildman–Crippen MR) is 104 cm³/mol. The number of aromatic nitrogens is 2. The highest BCUT2D eigenvalue weighted by Crippen LogP contribution is 2.14. The Hall–Kier alpha value is -1.59. The number of piperidine rings is 1. The second kappa shape index (κ2) is 9.20. The molecule has 0 aliphatic carbocycles. The van der Waals surface area contributed by atoms with E-state index in [1.54, 1.807) is 0 Å². The number of likely N-dealkylation sites (tertiary alicyclic amines) is 1. The van der Waals surface area contributed by atoms with Gasteiger partial charge in [0, 0.05) is 30.6 Å². The number of rotatable bonds is 3. The molecule has 2 N–H and O–H groups in total. The summed E-state index contributed by atoms with van der Waals surface area (Å²) in [6.45, 7) is 10.4. The van der Waals surface area contributed by atoms with Gasteiger partial charge in [-0.15, -0.1) is 11.6 Å². The second-order valence-electron chi connectivity index (χ2n) is 6.99. The highest BCUT2D eigenvalue weighted by Gasteiger charge is 2.23. The minimum absolute atomic E-state index is 0.103. The Morgan fingerprint density at radius 1 is 1.24 bits per heavy atom. The number of benzene rings is 1. The maximum Gasteiger partial charge on any atom is 0.287 e. The molecule has 1 saturated heterocycles. The fourth-order valence-corrected chi connectivity index (χ4v) is 2.87. The molecule has 2 heterocycles. The van der Waals surface area contributed by atoms with Crippen molar-refractivity contribution >= 4 is 28.5 Å². The first kappa shape index (κ1) is 19.7. The molecular formula is C19H29ClN4O. The van der Waals surface area contributed by atoms with Gasteiger partial charge in [-0.1, -0.05) is 12.1 Å². The molecule has 138 valence electrons. The van der Waals surface area contributed by atoms with Crippen molar-refractivity contribution in [2.45, 2.75) is 58.0 Å². The molecule has 25 heavy (non-hydrogen) atoms. The van der Waals surface area contributed by atoms with E-state index in [0.29, 0.717) is 17.2 Å². The van der Waals surface area contributed by atoms with Crippen molar-refractivity contribution in [3.05, 3.63) is 30.1 Å². The molecule has 0 atom stereocenters. The zero-order valence-corrected chi connectivity index (χ0v) is 16.3. The van der Waals surface area contributed by atoms with Gasteiger partial charge in [0.25, 0.3) is 5.91 Å². The number of alkyl halides is 1. The van der Waals surface area contributed by atoms with Gasteiger partial charge in [-0.05, 0) is 52.7 Å². The third-order valence-electron chi connectivity index (χ3n) is 4.20. The standard InChI is InChI=1S/C16H22N4O.C3H7Cl/c1-11(2)20-9-7-12(8-10-20)17-16(21)15-18-13-5-3-4-6-14(13)19-15;1-3(2)4/h3-6,11-12H,7-10H2,1-2H3,(H,17,21)(H,18,19);3H,1-2H3. The van der Waals surface area contributed by atoms with E-state index >= 15 is 0 Å². The number of halogens is 1. The van der Waals surface area contributed by atoms with E-state index in [4.69, 9.17) is 11.6 Å². The molecule has 0 bridgehead atoms. The summed E-state index contributed by atoms with van der Waals surface area (Å²) in [6, 6.07) is 8.53. The van der Waals surface area contributed by atoms with Crippen LogP contribution in [0.25, 0.3) is 11.0 Å². The molecule has 0 saturated carbocycles. The normalized spacial score (nSPS) is 16.1. The van der Waals surface area contributed by atoms with Crippen LogP contribution in [0.4, 0.5) is 0 Å². The van der Waals surface area contributed by atoms with E-state index in [1.165, 1.54) is 0 Å². The van der Waals surface area contributed by atoms with Crippen LogP contribution >= 0.6 is 11.6 Å². The Balaban J connectivity index is 0.000000511. The molecule has 2 aromatic rings. The summed E-state index contributed by atoms with van der Waals surface area (Å²) in [5.74, 6) is 0.302. The highest BCUT2D eigenvalue weighted by molar-refractivity contribution is 6.20. The molecule has 5 nitrogen and oxygen atoms in total. The minimum Gasteiger partial charge on any atom is -0.347 e. The number of nitrogens with one attached hydrogen (secondary N) is 2. The summed E-state index contributed by atoms with van der Waals surface area (Å²) < 4.78 is 0. The fourth-order valence-electron chi connectivity index (χ4n) is 2.87. The molecule has 0 spiro atoms.